The number of hydrogen-bond acceptors (Lipinski definition) is 5. The molecule has 0 aliphatic carbocycles. The minimum Gasteiger partial charge on any atom is -0.489 e. The van der Waals surface area contributed by atoms with Gasteiger partial charge in [-0.05, 0) is 37.4 Å². The Kier molecular flexibility index (Phi) is 5.77. The van der Waals surface area contributed by atoms with Crippen LogP contribution in [0.2, 0.25) is 0 Å². The summed E-state index contributed by atoms with van der Waals surface area (Å²) in [5.41, 5.74) is 1.00. The van der Waals surface area contributed by atoms with Crippen LogP contribution in [0.5, 0.6) is 5.75 Å². The first-order chi connectivity index (χ1) is 8.67. The third-order valence-electron chi connectivity index (χ3n) is 1.88. The molecule has 0 radical (unpaired) electrons. The van der Waals surface area contributed by atoms with Crippen molar-refractivity contribution < 1.29 is 14.3 Å². The summed E-state index contributed by atoms with van der Waals surface area (Å²) in [5.74, 6) is 0.824. The highest BCUT2D eigenvalue weighted by Gasteiger charge is 2.01. The second-order valence-corrected chi connectivity index (χ2v) is 4.55. The molecule has 2 aromatic rings. The average Bonchev–Trinajstić information content (AvgIpc) is 2.84. The van der Waals surface area contributed by atoms with Crippen LogP contribution in [0.25, 0.3) is 10.6 Å². The lowest BCUT2D eigenvalue weighted by atomic mass is 10.3. The number of thiophene rings is 1. The Hall–Kier alpha value is -1.97. The van der Waals surface area contributed by atoms with Crippen molar-refractivity contribution in [1.29, 1.82) is 0 Å². The third kappa shape index (κ3) is 4.49. The van der Waals surface area contributed by atoms with Crippen LogP contribution < -0.4 is 4.74 Å². The molecule has 0 aromatic carbocycles. The molecule has 4 nitrogen and oxygen atoms in total. The summed E-state index contributed by atoms with van der Waals surface area (Å²) >= 11 is 1.69. The largest absolute Gasteiger partial charge is 0.489 e. The highest BCUT2D eigenvalue weighted by atomic mass is 32.1. The first-order valence-corrected chi connectivity index (χ1v) is 6.21. The highest BCUT2D eigenvalue weighted by Crippen LogP contribution is 2.24. The van der Waals surface area contributed by atoms with Gasteiger partial charge >= 0.3 is 6.15 Å². The van der Waals surface area contributed by atoms with E-state index in [4.69, 9.17) is 14.3 Å². The van der Waals surface area contributed by atoms with Gasteiger partial charge in [-0.25, -0.2) is 0 Å². The number of pyridine rings is 1. The van der Waals surface area contributed by atoms with Crippen LogP contribution >= 0.6 is 11.3 Å². The van der Waals surface area contributed by atoms with E-state index in [1.807, 2.05) is 32.0 Å². The Labute approximate surface area is 109 Å². The zero-order chi connectivity index (χ0) is 13.4. The molecular formula is C13H13NO3S. The van der Waals surface area contributed by atoms with Gasteiger partial charge in [0.25, 0.3) is 0 Å². The normalized spacial score (nSPS) is 9.28. The van der Waals surface area contributed by atoms with E-state index in [9.17, 15) is 0 Å². The quantitative estimate of drug-likeness (QED) is 0.854. The zero-order valence-electron chi connectivity index (χ0n) is 10.1. The number of ether oxygens (including phenoxy) is 1. The molecule has 5 heteroatoms. The summed E-state index contributed by atoms with van der Waals surface area (Å²) in [4.78, 5) is 21.8. The van der Waals surface area contributed by atoms with Crippen molar-refractivity contribution in [2.75, 3.05) is 0 Å². The standard InChI is InChI=1S/C12H13NOS.CO2/c1-9(2)14-10-5-6-11(13-8-10)12-4-3-7-15-12;2-1-3/h3-9H,1-2H3;. The molecule has 0 unspecified atom stereocenters. The lowest BCUT2D eigenvalue weighted by molar-refractivity contribution is -0.191. The van der Waals surface area contributed by atoms with Crippen LogP contribution in [0, 0.1) is 0 Å². The summed E-state index contributed by atoms with van der Waals surface area (Å²) in [5, 5.41) is 2.05. The molecule has 94 valence electrons. The van der Waals surface area contributed by atoms with Crippen LogP contribution in [-0.2, 0) is 9.59 Å². The lowest BCUT2D eigenvalue weighted by Gasteiger charge is -2.08. The van der Waals surface area contributed by atoms with E-state index < -0.39 is 0 Å². The number of nitrogens with zero attached hydrogens (tertiary/aromatic N) is 1. The summed E-state index contributed by atoms with van der Waals surface area (Å²) in [6.45, 7) is 4.01. The van der Waals surface area contributed by atoms with E-state index >= 15 is 0 Å². The van der Waals surface area contributed by atoms with Gasteiger partial charge in [-0.2, -0.15) is 9.59 Å². The van der Waals surface area contributed by atoms with Crippen molar-refractivity contribution in [3.8, 4) is 16.3 Å². The second-order valence-electron chi connectivity index (χ2n) is 3.61. The Morgan fingerprint density at radius 1 is 1.28 bits per heavy atom. The topological polar surface area (TPSA) is 56.3 Å². The van der Waals surface area contributed by atoms with Crippen molar-refractivity contribution in [2.45, 2.75) is 20.0 Å². The van der Waals surface area contributed by atoms with Gasteiger partial charge in [0.2, 0.25) is 0 Å². The molecule has 2 rings (SSSR count). The van der Waals surface area contributed by atoms with E-state index in [-0.39, 0.29) is 12.3 Å². The summed E-state index contributed by atoms with van der Waals surface area (Å²) in [6.07, 6.45) is 2.22. The van der Waals surface area contributed by atoms with Crippen molar-refractivity contribution >= 4 is 17.5 Å². The smallest absolute Gasteiger partial charge is 0.373 e. The molecule has 0 atom stereocenters. The number of aromatic nitrogens is 1. The van der Waals surface area contributed by atoms with Crippen LogP contribution in [-0.4, -0.2) is 17.2 Å². The first-order valence-electron chi connectivity index (χ1n) is 5.33. The average molecular weight is 263 g/mol. The van der Waals surface area contributed by atoms with Gasteiger partial charge in [0.15, 0.2) is 0 Å². The number of hydrogen-bond donors (Lipinski definition) is 0. The second kappa shape index (κ2) is 7.37. The Bertz CT molecular complexity index is 485. The molecule has 0 N–H and O–H groups in total. The number of rotatable bonds is 3. The molecule has 0 spiro atoms. The van der Waals surface area contributed by atoms with Crippen LogP contribution in [0.1, 0.15) is 13.8 Å². The van der Waals surface area contributed by atoms with E-state index in [1.165, 1.54) is 4.88 Å². The van der Waals surface area contributed by atoms with E-state index in [0.29, 0.717) is 0 Å². The molecule has 0 saturated carbocycles. The van der Waals surface area contributed by atoms with Gasteiger partial charge < -0.3 is 4.74 Å². The molecule has 0 saturated heterocycles. The van der Waals surface area contributed by atoms with Crippen molar-refractivity contribution in [1.82, 2.24) is 4.98 Å². The predicted molar refractivity (Wildman–Crippen MR) is 68.3 cm³/mol. The fourth-order valence-electron chi connectivity index (χ4n) is 1.29. The predicted octanol–water partition coefficient (Wildman–Crippen LogP) is 3.01. The molecular weight excluding hydrogens is 250 g/mol. The van der Waals surface area contributed by atoms with Crippen molar-refractivity contribution in [3.63, 3.8) is 0 Å². The minimum absolute atomic E-state index is 0.194. The van der Waals surface area contributed by atoms with E-state index in [1.54, 1.807) is 17.5 Å². The third-order valence-corrected chi connectivity index (χ3v) is 2.77. The van der Waals surface area contributed by atoms with Gasteiger partial charge in [0, 0.05) is 0 Å². The monoisotopic (exact) mass is 263 g/mol. The molecule has 0 aliphatic heterocycles. The van der Waals surface area contributed by atoms with E-state index in [0.717, 1.165) is 11.4 Å². The first kappa shape index (κ1) is 14.1. The van der Waals surface area contributed by atoms with E-state index in [2.05, 4.69) is 16.4 Å². The summed E-state index contributed by atoms with van der Waals surface area (Å²) in [6, 6.07) is 8.04. The SMILES string of the molecule is CC(C)Oc1ccc(-c2cccs2)nc1.O=C=O. The van der Waals surface area contributed by atoms with Crippen molar-refractivity contribution in [2.24, 2.45) is 0 Å². The Balaban J connectivity index is 0.000000492. The van der Waals surface area contributed by atoms with Crippen molar-refractivity contribution in [3.05, 3.63) is 35.8 Å². The Morgan fingerprint density at radius 2 is 2.00 bits per heavy atom. The maximum atomic E-state index is 8.12. The molecule has 2 heterocycles. The lowest BCUT2D eigenvalue weighted by Crippen LogP contribution is -2.05. The number of carbonyl (C=O) groups excluding carboxylic acids is 2. The Morgan fingerprint density at radius 3 is 2.44 bits per heavy atom. The summed E-state index contributed by atoms with van der Waals surface area (Å²) in [7, 11) is 0. The molecule has 0 amide bonds. The molecule has 18 heavy (non-hydrogen) atoms. The molecule has 2 aromatic heterocycles. The van der Waals surface area contributed by atoms with Gasteiger partial charge in [-0.15, -0.1) is 11.3 Å². The van der Waals surface area contributed by atoms with Gasteiger partial charge in [0.1, 0.15) is 5.75 Å². The van der Waals surface area contributed by atoms with Crippen LogP contribution in [0.15, 0.2) is 35.8 Å². The molecule has 0 fully saturated rings. The highest BCUT2D eigenvalue weighted by molar-refractivity contribution is 7.13. The van der Waals surface area contributed by atoms with Gasteiger partial charge in [0.05, 0.1) is 22.9 Å². The van der Waals surface area contributed by atoms with Gasteiger partial charge in [-0.1, -0.05) is 6.07 Å². The summed E-state index contributed by atoms with van der Waals surface area (Å²) < 4.78 is 5.53. The fraction of sp³-hybridized carbons (Fsp3) is 0.231. The fourth-order valence-corrected chi connectivity index (χ4v) is 1.99. The molecule has 0 bridgehead atoms. The maximum absolute atomic E-state index is 8.12. The maximum Gasteiger partial charge on any atom is 0.373 e. The van der Waals surface area contributed by atoms with Gasteiger partial charge in [-0.3, -0.25) is 4.98 Å². The minimum atomic E-state index is 0.194. The zero-order valence-corrected chi connectivity index (χ0v) is 10.9. The van der Waals surface area contributed by atoms with Crippen LogP contribution in [0.4, 0.5) is 0 Å². The molecule has 0 aliphatic rings. The van der Waals surface area contributed by atoms with Crippen LogP contribution in [0.3, 0.4) is 0 Å².